The molecule has 1 unspecified atom stereocenters. The first-order chi connectivity index (χ1) is 6.75. The molecule has 0 fully saturated rings. The predicted octanol–water partition coefficient (Wildman–Crippen LogP) is 1.29. The van der Waals surface area contributed by atoms with Crippen LogP contribution in [0.15, 0.2) is 29.3 Å². The second kappa shape index (κ2) is 4.16. The first-order valence-corrected chi connectivity index (χ1v) is 5.63. The number of halogens is 1. The standard InChI is InChI=1S/C10H12IN3/c11-9-3-1-7(2-4-9)8-5-13-10(12)14-6-8/h1-4,8H,5-6H2,(H3,12,13,14). The molecule has 14 heavy (non-hydrogen) atoms. The quantitative estimate of drug-likeness (QED) is 0.768. The van der Waals surface area contributed by atoms with E-state index >= 15 is 0 Å². The lowest BCUT2D eigenvalue weighted by atomic mass is 9.98. The molecule has 1 aromatic rings. The second-order valence-electron chi connectivity index (χ2n) is 3.36. The Morgan fingerprint density at radius 3 is 2.64 bits per heavy atom. The molecule has 0 saturated carbocycles. The Morgan fingerprint density at radius 1 is 1.36 bits per heavy atom. The van der Waals surface area contributed by atoms with Gasteiger partial charge in [0.05, 0.1) is 6.54 Å². The summed E-state index contributed by atoms with van der Waals surface area (Å²) < 4.78 is 1.26. The second-order valence-corrected chi connectivity index (χ2v) is 4.60. The Kier molecular flexibility index (Phi) is 2.90. The zero-order chi connectivity index (χ0) is 9.97. The topological polar surface area (TPSA) is 50.4 Å². The van der Waals surface area contributed by atoms with E-state index in [-0.39, 0.29) is 0 Å². The van der Waals surface area contributed by atoms with Crippen LogP contribution in [0.5, 0.6) is 0 Å². The first kappa shape index (κ1) is 9.76. The van der Waals surface area contributed by atoms with Gasteiger partial charge in [0, 0.05) is 16.0 Å². The van der Waals surface area contributed by atoms with E-state index in [1.807, 2.05) is 0 Å². The van der Waals surface area contributed by atoms with Crippen LogP contribution in [0.3, 0.4) is 0 Å². The summed E-state index contributed by atoms with van der Waals surface area (Å²) in [4.78, 5) is 4.19. The molecule has 0 aliphatic carbocycles. The number of guanidine groups is 1. The lowest BCUT2D eigenvalue weighted by molar-refractivity contribution is 0.635. The van der Waals surface area contributed by atoms with Crippen molar-refractivity contribution in [2.45, 2.75) is 5.92 Å². The molecule has 74 valence electrons. The molecule has 3 N–H and O–H groups in total. The third kappa shape index (κ3) is 2.17. The zero-order valence-electron chi connectivity index (χ0n) is 7.70. The molecule has 1 heterocycles. The van der Waals surface area contributed by atoms with Crippen molar-refractivity contribution in [3.05, 3.63) is 33.4 Å². The maximum absolute atomic E-state index is 5.54. The van der Waals surface area contributed by atoms with E-state index in [2.05, 4.69) is 57.2 Å². The highest BCUT2D eigenvalue weighted by Gasteiger charge is 2.14. The molecule has 0 bridgehead atoms. The van der Waals surface area contributed by atoms with Crippen LogP contribution in [-0.4, -0.2) is 19.0 Å². The fourth-order valence-corrected chi connectivity index (χ4v) is 1.87. The van der Waals surface area contributed by atoms with Gasteiger partial charge in [-0.1, -0.05) is 12.1 Å². The van der Waals surface area contributed by atoms with Crippen LogP contribution in [0.4, 0.5) is 0 Å². The molecule has 2 rings (SSSR count). The van der Waals surface area contributed by atoms with E-state index in [0.717, 1.165) is 13.1 Å². The lowest BCUT2D eigenvalue weighted by Gasteiger charge is -2.21. The summed E-state index contributed by atoms with van der Waals surface area (Å²) in [5, 5.41) is 3.07. The lowest BCUT2D eigenvalue weighted by Crippen LogP contribution is -2.39. The van der Waals surface area contributed by atoms with Crippen molar-refractivity contribution in [2.24, 2.45) is 10.7 Å². The van der Waals surface area contributed by atoms with E-state index in [0.29, 0.717) is 11.9 Å². The third-order valence-electron chi connectivity index (χ3n) is 2.35. The molecule has 3 nitrogen and oxygen atoms in total. The smallest absolute Gasteiger partial charge is 0.188 e. The van der Waals surface area contributed by atoms with Gasteiger partial charge in [-0.15, -0.1) is 0 Å². The number of nitrogens with one attached hydrogen (secondary N) is 1. The summed E-state index contributed by atoms with van der Waals surface area (Å²) in [7, 11) is 0. The Hall–Kier alpha value is -0.780. The molecule has 1 aromatic carbocycles. The maximum atomic E-state index is 5.54. The summed E-state index contributed by atoms with van der Waals surface area (Å²) >= 11 is 2.31. The normalized spacial score (nSPS) is 21.2. The average Bonchev–Trinajstić information content (AvgIpc) is 2.21. The maximum Gasteiger partial charge on any atom is 0.188 e. The van der Waals surface area contributed by atoms with Crippen molar-refractivity contribution >= 4 is 28.6 Å². The molecule has 0 amide bonds. The van der Waals surface area contributed by atoms with Gasteiger partial charge in [0.2, 0.25) is 0 Å². The van der Waals surface area contributed by atoms with Crippen molar-refractivity contribution in [1.29, 1.82) is 0 Å². The number of rotatable bonds is 1. The van der Waals surface area contributed by atoms with Gasteiger partial charge in [0.15, 0.2) is 5.96 Å². The minimum atomic E-state index is 0.458. The molecule has 0 radical (unpaired) electrons. The van der Waals surface area contributed by atoms with E-state index in [1.165, 1.54) is 9.13 Å². The van der Waals surface area contributed by atoms with Gasteiger partial charge in [-0.25, -0.2) is 0 Å². The fourth-order valence-electron chi connectivity index (χ4n) is 1.51. The van der Waals surface area contributed by atoms with Gasteiger partial charge in [-0.2, -0.15) is 0 Å². The summed E-state index contributed by atoms with van der Waals surface area (Å²) in [6.07, 6.45) is 0. The van der Waals surface area contributed by atoms with Crippen LogP contribution in [0, 0.1) is 3.57 Å². The van der Waals surface area contributed by atoms with Gasteiger partial charge in [-0.3, -0.25) is 4.99 Å². The average molecular weight is 301 g/mol. The number of aliphatic imine (C=N–C) groups is 1. The molecule has 4 heteroatoms. The summed E-state index contributed by atoms with van der Waals surface area (Å²) in [6, 6.07) is 8.56. The molecular weight excluding hydrogens is 289 g/mol. The number of hydrogen-bond acceptors (Lipinski definition) is 3. The van der Waals surface area contributed by atoms with E-state index in [9.17, 15) is 0 Å². The van der Waals surface area contributed by atoms with Crippen molar-refractivity contribution in [2.75, 3.05) is 13.1 Å². The van der Waals surface area contributed by atoms with E-state index < -0.39 is 0 Å². The minimum absolute atomic E-state index is 0.458. The summed E-state index contributed by atoms with van der Waals surface area (Å²) in [6.45, 7) is 1.68. The Balaban J connectivity index is 2.13. The van der Waals surface area contributed by atoms with Crippen LogP contribution < -0.4 is 11.1 Å². The van der Waals surface area contributed by atoms with Crippen molar-refractivity contribution in [3.63, 3.8) is 0 Å². The highest BCUT2D eigenvalue weighted by atomic mass is 127. The first-order valence-electron chi connectivity index (χ1n) is 4.55. The third-order valence-corrected chi connectivity index (χ3v) is 3.07. The highest BCUT2D eigenvalue weighted by molar-refractivity contribution is 14.1. The van der Waals surface area contributed by atoms with Crippen molar-refractivity contribution in [3.8, 4) is 0 Å². The van der Waals surface area contributed by atoms with Gasteiger partial charge >= 0.3 is 0 Å². The minimum Gasteiger partial charge on any atom is -0.370 e. The molecule has 1 atom stereocenters. The summed E-state index contributed by atoms with van der Waals surface area (Å²) in [5.74, 6) is 1.02. The van der Waals surface area contributed by atoms with Crippen molar-refractivity contribution in [1.82, 2.24) is 5.32 Å². The molecule has 0 saturated heterocycles. The Bertz CT molecular complexity index is 345. The monoisotopic (exact) mass is 301 g/mol. The van der Waals surface area contributed by atoms with Crippen LogP contribution in [0.2, 0.25) is 0 Å². The molecule has 0 aromatic heterocycles. The largest absolute Gasteiger partial charge is 0.370 e. The van der Waals surface area contributed by atoms with Gasteiger partial charge in [0.1, 0.15) is 0 Å². The predicted molar refractivity (Wildman–Crippen MR) is 66.4 cm³/mol. The van der Waals surface area contributed by atoms with Crippen LogP contribution >= 0.6 is 22.6 Å². The highest BCUT2D eigenvalue weighted by Crippen LogP contribution is 2.18. The van der Waals surface area contributed by atoms with E-state index in [1.54, 1.807) is 0 Å². The molecular formula is C10H12IN3. The van der Waals surface area contributed by atoms with Crippen LogP contribution in [0.1, 0.15) is 11.5 Å². The molecule has 0 spiro atoms. The van der Waals surface area contributed by atoms with Gasteiger partial charge < -0.3 is 11.1 Å². The summed E-state index contributed by atoms with van der Waals surface area (Å²) in [5.41, 5.74) is 6.86. The number of benzene rings is 1. The molecule has 1 aliphatic rings. The number of nitrogens with two attached hydrogens (primary N) is 1. The van der Waals surface area contributed by atoms with E-state index in [4.69, 9.17) is 5.73 Å². The SMILES string of the molecule is NC1=NCC(c2ccc(I)cc2)CN1. The van der Waals surface area contributed by atoms with Crippen LogP contribution in [0.25, 0.3) is 0 Å². The fraction of sp³-hybridized carbons (Fsp3) is 0.300. The van der Waals surface area contributed by atoms with Gasteiger partial charge in [-0.05, 0) is 40.3 Å². The zero-order valence-corrected chi connectivity index (χ0v) is 9.86. The number of hydrogen-bond donors (Lipinski definition) is 2. The number of nitrogens with zero attached hydrogens (tertiary/aromatic N) is 1. The molecule has 1 aliphatic heterocycles. The Labute approximate surface area is 96.9 Å². The van der Waals surface area contributed by atoms with Crippen molar-refractivity contribution < 1.29 is 0 Å². The van der Waals surface area contributed by atoms with Crippen LogP contribution in [-0.2, 0) is 0 Å². The Morgan fingerprint density at radius 2 is 2.07 bits per heavy atom. The van der Waals surface area contributed by atoms with Gasteiger partial charge in [0.25, 0.3) is 0 Å².